The van der Waals surface area contributed by atoms with Gasteiger partial charge in [0.05, 0.1) is 25.4 Å². The van der Waals surface area contributed by atoms with Gasteiger partial charge in [-0.2, -0.15) is 5.10 Å². The van der Waals surface area contributed by atoms with Crippen LogP contribution in [-0.2, 0) is 6.54 Å². The average Bonchev–Trinajstić information content (AvgIpc) is 3.04. The van der Waals surface area contributed by atoms with Crippen LogP contribution in [0.4, 0.5) is 0 Å². The summed E-state index contributed by atoms with van der Waals surface area (Å²) >= 11 is 0. The minimum absolute atomic E-state index is 0.0933. The largest absolute Gasteiger partial charge is 0.497 e. The van der Waals surface area contributed by atoms with Crippen molar-refractivity contribution in [2.45, 2.75) is 19.9 Å². The van der Waals surface area contributed by atoms with E-state index in [2.05, 4.69) is 22.7 Å². The molecule has 2 rings (SSSR count). The van der Waals surface area contributed by atoms with Gasteiger partial charge in [0.1, 0.15) is 5.75 Å². The Hall–Kier alpha value is -2.34. The van der Waals surface area contributed by atoms with Gasteiger partial charge >= 0.3 is 0 Å². The number of amides is 1. The van der Waals surface area contributed by atoms with E-state index in [0.717, 1.165) is 30.8 Å². The summed E-state index contributed by atoms with van der Waals surface area (Å²) in [6, 6.07) is 7.80. The number of hydrogen-bond donors (Lipinski definition) is 2. The monoisotopic (exact) mass is 316 g/mol. The molecule has 0 saturated heterocycles. The number of carbonyl (C=O) groups is 1. The third kappa shape index (κ3) is 5.41. The Bertz CT molecular complexity index is 607. The van der Waals surface area contributed by atoms with Crippen LogP contribution in [0.1, 0.15) is 29.3 Å². The molecule has 0 saturated carbocycles. The maximum atomic E-state index is 12.0. The van der Waals surface area contributed by atoms with Gasteiger partial charge in [-0.25, -0.2) is 0 Å². The van der Waals surface area contributed by atoms with Gasteiger partial charge in [-0.05, 0) is 30.7 Å². The maximum absolute atomic E-state index is 12.0. The van der Waals surface area contributed by atoms with Crippen LogP contribution < -0.4 is 15.4 Å². The van der Waals surface area contributed by atoms with Crippen LogP contribution in [0.25, 0.3) is 0 Å². The second kappa shape index (κ2) is 8.95. The zero-order valence-electron chi connectivity index (χ0n) is 13.7. The van der Waals surface area contributed by atoms with E-state index in [1.807, 2.05) is 24.3 Å². The summed E-state index contributed by atoms with van der Waals surface area (Å²) in [5.74, 6) is 0.732. The molecule has 124 valence electrons. The molecule has 1 heterocycles. The summed E-state index contributed by atoms with van der Waals surface area (Å²) in [5, 5.41) is 10.4. The van der Waals surface area contributed by atoms with E-state index >= 15 is 0 Å². The number of nitrogens with zero attached hydrogens (tertiary/aromatic N) is 2. The van der Waals surface area contributed by atoms with Crippen molar-refractivity contribution < 1.29 is 9.53 Å². The van der Waals surface area contributed by atoms with Gasteiger partial charge in [0.25, 0.3) is 5.91 Å². The van der Waals surface area contributed by atoms with E-state index in [1.54, 1.807) is 24.2 Å². The second-order valence-electron chi connectivity index (χ2n) is 5.28. The smallest absolute Gasteiger partial charge is 0.254 e. The van der Waals surface area contributed by atoms with Gasteiger partial charge in [0.15, 0.2) is 0 Å². The molecule has 0 fully saturated rings. The van der Waals surface area contributed by atoms with E-state index < -0.39 is 0 Å². The SMILES string of the molecule is CCCNCCNC(=O)c1cnn(Cc2ccc(OC)cc2)c1. The van der Waals surface area contributed by atoms with E-state index in [-0.39, 0.29) is 5.91 Å². The highest BCUT2D eigenvalue weighted by Gasteiger charge is 2.08. The van der Waals surface area contributed by atoms with Gasteiger partial charge in [-0.3, -0.25) is 9.48 Å². The molecule has 2 N–H and O–H groups in total. The lowest BCUT2D eigenvalue weighted by molar-refractivity contribution is 0.0954. The number of benzene rings is 1. The Kier molecular flexibility index (Phi) is 6.62. The van der Waals surface area contributed by atoms with Gasteiger partial charge < -0.3 is 15.4 Å². The molecule has 6 nitrogen and oxygen atoms in total. The van der Waals surface area contributed by atoms with E-state index in [0.29, 0.717) is 18.7 Å². The molecule has 0 aliphatic heterocycles. The van der Waals surface area contributed by atoms with Crippen molar-refractivity contribution >= 4 is 5.91 Å². The van der Waals surface area contributed by atoms with Crippen LogP contribution in [0.15, 0.2) is 36.7 Å². The van der Waals surface area contributed by atoms with E-state index in [9.17, 15) is 4.79 Å². The molecule has 0 atom stereocenters. The predicted octanol–water partition coefficient (Wildman–Crippen LogP) is 1.67. The molecule has 2 aromatic rings. The maximum Gasteiger partial charge on any atom is 0.254 e. The van der Waals surface area contributed by atoms with Crippen LogP contribution in [-0.4, -0.2) is 42.4 Å². The highest BCUT2D eigenvalue weighted by atomic mass is 16.5. The summed E-state index contributed by atoms with van der Waals surface area (Å²) in [5.41, 5.74) is 1.68. The minimum Gasteiger partial charge on any atom is -0.497 e. The van der Waals surface area contributed by atoms with Crippen LogP contribution in [0.5, 0.6) is 5.75 Å². The Morgan fingerprint density at radius 2 is 2.00 bits per heavy atom. The second-order valence-corrected chi connectivity index (χ2v) is 5.28. The summed E-state index contributed by atoms with van der Waals surface area (Å²) in [6.45, 7) is 5.09. The standard InChI is InChI=1S/C17H24N4O2/c1-3-8-18-9-10-19-17(22)15-11-20-21(13-15)12-14-4-6-16(23-2)7-5-14/h4-7,11,13,18H,3,8-10,12H2,1-2H3,(H,19,22). The fraction of sp³-hybridized carbons (Fsp3) is 0.412. The molecule has 1 aromatic heterocycles. The van der Waals surface area contributed by atoms with Crippen LogP contribution in [0.2, 0.25) is 0 Å². The molecule has 0 unspecified atom stereocenters. The van der Waals surface area contributed by atoms with Crippen molar-refractivity contribution in [1.82, 2.24) is 20.4 Å². The normalized spacial score (nSPS) is 10.5. The first-order valence-corrected chi connectivity index (χ1v) is 7.87. The van der Waals surface area contributed by atoms with E-state index in [4.69, 9.17) is 4.74 Å². The van der Waals surface area contributed by atoms with Crippen molar-refractivity contribution in [3.8, 4) is 5.75 Å². The number of methoxy groups -OCH3 is 1. The zero-order chi connectivity index (χ0) is 16.5. The number of carbonyl (C=O) groups excluding carboxylic acids is 1. The summed E-state index contributed by atoms with van der Waals surface area (Å²) in [4.78, 5) is 12.0. The molecule has 0 spiro atoms. The molecular weight excluding hydrogens is 292 g/mol. The van der Waals surface area contributed by atoms with Crippen molar-refractivity contribution in [1.29, 1.82) is 0 Å². The fourth-order valence-electron chi connectivity index (χ4n) is 2.15. The van der Waals surface area contributed by atoms with Crippen molar-refractivity contribution in [2.75, 3.05) is 26.7 Å². The summed E-state index contributed by atoms with van der Waals surface area (Å²) < 4.78 is 6.89. The number of ether oxygens (including phenoxy) is 1. The Morgan fingerprint density at radius 3 is 2.70 bits per heavy atom. The number of aromatic nitrogens is 2. The van der Waals surface area contributed by atoms with Gasteiger partial charge in [-0.15, -0.1) is 0 Å². The molecule has 0 bridgehead atoms. The van der Waals surface area contributed by atoms with Gasteiger partial charge in [0.2, 0.25) is 0 Å². The number of hydrogen-bond acceptors (Lipinski definition) is 4. The third-order valence-corrected chi connectivity index (χ3v) is 3.41. The average molecular weight is 316 g/mol. The molecule has 0 aliphatic carbocycles. The lowest BCUT2D eigenvalue weighted by atomic mass is 10.2. The number of rotatable bonds is 9. The lowest BCUT2D eigenvalue weighted by Gasteiger charge is -2.05. The first-order valence-electron chi connectivity index (χ1n) is 7.87. The molecule has 0 aliphatic rings. The van der Waals surface area contributed by atoms with E-state index in [1.165, 1.54) is 0 Å². The highest BCUT2D eigenvalue weighted by Crippen LogP contribution is 2.12. The van der Waals surface area contributed by atoms with Crippen LogP contribution >= 0.6 is 0 Å². The first-order chi connectivity index (χ1) is 11.2. The summed E-state index contributed by atoms with van der Waals surface area (Å²) in [7, 11) is 1.64. The highest BCUT2D eigenvalue weighted by molar-refractivity contribution is 5.93. The van der Waals surface area contributed by atoms with Crippen molar-refractivity contribution in [3.63, 3.8) is 0 Å². The van der Waals surface area contributed by atoms with Crippen molar-refractivity contribution in [2.24, 2.45) is 0 Å². The van der Waals surface area contributed by atoms with Crippen LogP contribution in [0.3, 0.4) is 0 Å². The summed E-state index contributed by atoms with van der Waals surface area (Å²) in [6.07, 6.45) is 4.45. The van der Waals surface area contributed by atoms with Crippen LogP contribution in [0, 0.1) is 0 Å². The Balaban J connectivity index is 1.83. The molecule has 1 amide bonds. The molecule has 0 radical (unpaired) electrons. The fourth-order valence-corrected chi connectivity index (χ4v) is 2.15. The molecule has 23 heavy (non-hydrogen) atoms. The first kappa shape index (κ1) is 17.0. The Labute approximate surface area is 136 Å². The van der Waals surface area contributed by atoms with Gasteiger partial charge in [-0.1, -0.05) is 19.1 Å². The predicted molar refractivity (Wildman–Crippen MR) is 89.8 cm³/mol. The topological polar surface area (TPSA) is 68.2 Å². The molecular formula is C17H24N4O2. The molecule has 6 heteroatoms. The Morgan fingerprint density at radius 1 is 1.22 bits per heavy atom. The molecule has 1 aromatic carbocycles. The quantitative estimate of drug-likeness (QED) is 0.691. The number of nitrogens with one attached hydrogen (secondary N) is 2. The zero-order valence-corrected chi connectivity index (χ0v) is 13.7. The third-order valence-electron chi connectivity index (χ3n) is 3.41. The van der Waals surface area contributed by atoms with Gasteiger partial charge in [0, 0.05) is 19.3 Å². The van der Waals surface area contributed by atoms with Crippen molar-refractivity contribution in [3.05, 3.63) is 47.8 Å². The minimum atomic E-state index is -0.0933. The lowest BCUT2D eigenvalue weighted by Crippen LogP contribution is -2.31.